The Morgan fingerprint density at radius 3 is 2.50 bits per heavy atom. The van der Waals surface area contributed by atoms with Crippen LogP contribution in [0.1, 0.15) is 22.2 Å². The van der Waals surface area contributed by atoms with Crippen LogP contribution < -0.4 is 5.32 Å². The molecule has 36 heavy (non-hydrogen) atoms. The molecule has 182 valence electrons. The maximum atomic E-state index is 13.5. The average molecular weight is 505 g/mol. The number of fused-ring (bicyclic) bond motifs is 1. The number of rotatable bonds is 6. The number of nitro groups is 1. The number of thiophene rings is 1. The summed E-state index contributed by atoms with van der Waals surface area (Å²) in [6, 6.07) is 18.0. The van der Waals surface area contributed by atoms with Gasteiger partial charge in [0.05, 0.1) is 6.07 Å². The second kappa shape index (κ2) is 9.62. The number of hydrogen-bond acceptors (Lipinski definition) is 7. The SMILES string of the molecule is O=C(Nc1ccccc1)C(c1csc2ccccc12)N1CCN(C(=O)c2ccc([N+](=O)[O-])o2)CC1=O. The monoisotopic (exact) mass is 504 g/mol. The number of amides is 3. The van der Waals surface area contributed by atoms with Crippen molar-refractivity contribution in [2.75, 3.05) is 25.0 Å². The van der Waals surface area contributed by atoms with Crippen molar-refractivity contribution in [1.29, 1.82) is 0 Å². The molecule has 1 N–H and O–H groups in total. The van der Waals surface area contributed by atoms with Gasteiger partial charge in [0.25, 0.3) is 11.8 Å². The number of benzene rings is 2. The van der Waals surface area contributed by atoms with Gasteiger partial charge < -0.3 is 19.5 Å². The molecule has 0 bridgehead atoms. The number of hydrogen-bond donors (Lipinski definition) is 1. The van der Waals surface area contributed by atoms with Crippen molar-refractivity contribution in [2.45, 2.75) is 6.04 Å². The van der Waals surface area contributed by atoms with Crippen molar-refractivity contribution in [3.8, 4) is 0 Å². The van der Waals surface area contributed by atoms with E-state index in [1.807, 2.05) is 35.7 Å². The summed E-state index contributed by atoms with van der Waals surface area (Å²) in [6.07, 6.45) is 0. The van der Waals surface area contributed by atoms with Gasteiger partial charge in [-0.1, -0.05) is 36.4 Å². The Hall–Kier alpha value is -4.51. The molecule has 3 heterocycles. The largest absolute Gasteiger partial charge is 0.433 e. The minimum Gasteiger partial charge on any atom is -0.395 e. The Kier molecular flexibility index (Phi) is 6.21. The van der Waals surface area contributed by atoms with Crippen LogP contribution >= 0.6 is 11.3 Å². The summed E-state index contributed by atoms with van der Waals surface area (Å²) in [5.74, 6) is -2.17. The Morgan fingerprint density at radius 2 is 1.78 bits per heavy atom. The number of nitrogens with zero attached hydrogens (tertiary/aromatic N) is 3. The van der Waals surface area contributed by atoms with Gasteiger partial charge in [-0.2, -0.15) is 0 Å². The zero-order chi connectivity index (χ0) is 25.2. The van der Waals surface area contributed by atoms with Gasteiger partial charge in [0, 0.05) is 29.0 Å². The Labute approximate surface area is 208 Å². The first-order valence-corrected chi connectivity index (χ1v) is 12.0. The minimum absolute atomic E-state index is 0.102. The quantitative estimate of drug-likeness (QED) is 0.312. The minimum atomic E-state index is -0.907. The summed E-state index contributed by atoms with van der Waals surface area (Å²) >= 11 is 1.49. The average Bonchev–Trinajstić information content (AvgIpc) is 3.54. The number of carbonyl (C=O) groups excluding carboxylic acids is 3. The second-order valence-electron chi connectivity index (χ2n) is 8.15. The predicted octanol–water partition coefficient (Wildman–Crippen LogP) is 4.07. The van der Waals surface area contributed by atoms with Gasteiger partial charge in [-0.05, 0) is 35.0 Å². The van der Waals surface area contributed by atoms with Gasteiger partial charge in [-0.25, -0.2) is 0 Å². The molecule has 11 heteroatoms. The number of nitrogens with one attached hydrogen (secondary N) is 1. The zero-order valence-corrected chi connectivity index (χ0v) is 19.6. The van der Waals surface area contributed by atoms with E-state index in [2.05, 4.69) is 5.32 Å². The maximum Gasteiger partial charge on any atom is 0.433 e. The lowest BCUT2D eigenvalue weighted by molar-refractivity contribution is -0.402. The lowest BCUT2D eigenvalue weighted by atomic mass is 10.0. The number of furan rings is 1. The van der Waals surface area contributed by atoms with Crippen molar-refractivity contribution in [2.24, 2.45) is 0 Å². The van der Waals surface area contributed by atoms with Crippen LogP contribution in [0.3, 0.4) is 0 Å². The molecule has 1 unspecified atom stereocenters. The molecule has 1 atom stereocenters. The molecular formula is C25H20N4O6S. The van der Waals surface area contributed by atoms with Crippen LogP contribution in [0, 0.1) is 10.1 Å². The highest BCUT2D eigenvalue weighted by Crippen LogP contribution is 2.35. The summed E-state index contributed by atoms with van der Waals surface area (Å²) in [5, 5.41) is 16.5. The van der Waals surface area contributed by atoms with Gasteiger partial charge in [-0.15, -0.1) is 11.3 Å². The van der Waals surface area contributed by atoms with Crippen molar-refractivity contribution < 1.29 is 23.7 Å². The second-order valence-corrected chi connectivity index (χ2v) is 9.07. The number of carbonyl (C=O) groups is 3. The van der Waals surface area contributed by atoms with E-state index in [1.54, 1.807) is 24.3 Å². The van der Waals surface area contributed by atoms with Crippen LogP contribution in [0.15, 0.2) is 76.5 Å². The Balaban J connectivity index is 1.41. The summed E-state index contributed by atoms with van der Waals surface area (Å²) in [5.41, 5.74) is 1.31. The van der Waals surface area contributed by atoms with Gasteiger partial charge in [0.15, 0.2) is 5.76 Å². The topological polar surface area (TPSA) is 126 Å². The molecule has 2 aromatic heterocycles. The van der Waals surface area contributed by atoms with Crippen molar-refractivity contribution in [1.82, 2.24) is 9.80 Å². The number of anilines is 1. The van der Waals surface area contributed by atoms with Crippen LogP contribution in [0.25, 0.3) is 10.1 Å². The number of piperazine rings is 1. The third-order valence-corrected chi connectivity index (χ3v) is 6.92. The molecule has 0 aliphatic carbocycles. The van der Waals surface area contributed by atoms with E-state index in [1.165, 1.54) is 27.2 Å². The molecule has 2 aromatic carbocycles. The predicted molar refractivity (Wildman–Crippen MR) is 133 cm³/mol. The summed E-state index contributed by atoms with van der Waals surface area (Å²) in [6.45, 7) is -0.0504. The fourth-order valence-corrected chi connectivity index (χ4v) is 5.20. The van der Waals surface area contributed by atoms with Crippen molar-refractivity contribution in [3.63, 3.8) is 0 Å². The molecule has 1 fully saturated rings. The van der Waals surface area contributed by atoms with E-state index in [-0.39, 0.29) is 31.3 Å². The standard InChI is InChI=1S/C25H20N4O6S/c30-21-14-27(25(32)19-10-11-22(35-19)29(33)34)12-13-28(21)23(24(31)26-16-6-2-1-3-7-16)18-15-36-20-9-5-4-8-17(18)20/h1-11,15,23H,12-14H2,(H,26,31). The molecule has 0 saturated carbocycles. The lowest BCUT2D eigenvalue weighted by Crippen LogP contribution is -2.54. The summed E-state index contributed by atoms with van der Waals surface area (Å²) in [4.78, 5) is 52.5. The smallest absolute Gasteiger partial charge is 0.395 e. The third-order valence-electron chi connectivity index (χ3n) is 5.93. The highest BCUT2D eigenvalue weighted by molar-refractivity contribution is 7.17. The molecule has 3 amide bonds. The highest BCUT2D eigenvalue weighted by atomic mass is 32.1. The van der Waals surface area contributed by atoms with Crippen LogP contribution in [0.4, 0.5) is 11.6 Å². The van der Waals surface area contributed by atoms with E-state index in [4.69, 9.17) is 4.42 Å². The molecule has 1 aliphatic heterocycles. The zero-order valence-electron chi connectivity index (χ0n) is 18.8. The fraction of sp³-hybridized carbons (Fsp3) is 0.160. The van der Waals surface area contributed by atoms with E-state index >= 15 is 0 Å². The van der Waals surface area contributed by atoms with Gasteiger partial charge in [0.1, 0.15) is 17.5 Å². The van der Waals surface area contributed by atoms with Crippen LogP contribution in [-0.2, 0) is 9.59 Å². The first kappa shape index (κ1) is 23.2. The molecule has 0 spiro atoms. The van der Waals surface area contributed by atoms with E-state index in [9.17, 15) is 24.5 Å². The van der Waals surface area contributed by atoms with E-state index < -0.39 is 28.7 Å². The van der Waals surface area contributed by atoms with Crippen LogP contribution in [0.2, 0.25) is 0 Å². The third kappa shape index (κ3) is 4.43. The first-order valence-electron chi connectivity index (χ1n) is 11.1. The van der Waals surface area contributed by atoms with Gasteiger partial charge in [0.2, 0.25) is 5.91 Å². The lowest BCUT2D eigenvalue weighted by Gasteiger charge is -2.38. The Morgan fingerprint density at radius 1 is 1.03 bits per heavy atom. The normalized spacial score (nSPS) is 14.6. The molecule has 0 radical (unpaired) electrons. The first-order chi connectivity index (χ1) is 17.4. The van der Waals surface area contributed by atoms with Crippen molar-refractivity contribution in [3.05, 3.63) is 93.5 Å². The maximum absolute atomic E-state index is 13.5. The highest BCUT2D eigenvalue weighted by Gasteiger charge is 2.38. The molecule has 1 aliphatic rings. The molecule has 1 saturated heterocycles. The molecule has 10 nitrogen and oxygen atoms in total. The molecule has 5 rings (SSSR count). The van der Waals surface area contributed by atoms with Crippen molar-refractivity contribution >= 4 is 50.7 Å². The Bertz CT molecular complexity index is 1460. The number of para-hydroxylation sites is 1. The van der Waals surface area contributed by atoms with E-state index in [0.29, 0.717) is 11.3 Å². The van der Waals surface area contributed by atoms with Gasteiger partial charge in [-0.3, -0.25) is 24.5 Å². The van der Waals surface area contributed by atoms with Crippen LogP contribution in [0.5, 0.6) is 0 Å². The summed E-state index contributed by atoms with van der Waals surface area (Å²) < 4.78 is 5.99. The summed E-state index contributed by atoms with van der Waals surface area (Å²) in [7, 11) is 0. The van der Waals surface area contributed by atoms with Crippen LogP contribution in [-0.4, -0.2) is 52.1 Å². The fourth-order valence-electron chi connectivity index (χ4n) is 4.22. The van der Waals surface area contributed by atoms with Gasteiger partial charge >= 0.3 is 5.88 Å². The van der Waals surface area contributed by atoms with E-state index in [0.717, 1.165) is 16.2 Å². The molecular weight excluding hydrogens is 484 g/mol. The molecule has 4 aromatic rings.